The van der Waals surface area contributed by atoms with E-state index in [0.717, 1.165) is 17.1 Å². The van der Waals surface area contributed by atoms with Crippen LogP contribution < -0.4 is 4.90 Å². The van der Waals surface area contributed by atoms with E-state index in [1.807, 2.05) is 0 Å². The van der Waals surface area contributed by atoms with Crippen LogP contribution in [0.15, 0.2) is 164 Å². The van der Waals surface area contributed by atoms with Crippen LogP contribution in [0.2, 0.25) is 0 Å². The molecule has 0 saturated carbocycles. The van der Waals surface area contributed by atoms with E-state index in [4.69, 9.17) is 0 Å². The molecule has 1 nitrogen and oxygen atoms in total. The summed E-state index contributed by atoms with van der Waals surface area (Å²) in [4.78, 5) is 2.42. The van der Waals surface area contributed by atoms with Gasteiger partial charge in [-0.15, -0.1) is 0 Å². The molecule has 0 atom stereocenters. The lowest BCUT2D eigenvalue weighted by molar-refractivity contribution is 1.29. The first-order chi connectivity index (χ1) is 19.4. The van der Waals surface area contributed by atoms with Crippen LogP contribution in [-0.2, 0) is 0 Å². The molecule has 7 rings (SSSR count). The largest absolute Gasteiger partial charge is 0.309 e. The van der Waals surface area contributed by atoms with Crippen molar-refractivity contribution < 1.29 is 0 Å². The lowest BCUT2D eigenvalue weighted by Gasteiger charge is -2.30. The van der Waals surface area contributed by atoms with Gasteiger partial charge in [-0.3, -0.25) is 0 Å². The van der Waals surface area contributed by atoms with Gasteiger partial charge >= 0.3 is 0 Å². The Morgan fingerprint density at radius 2 is 0.974 bits per heavy atom. The van der Waals surface area contributed by atoms with Gasteiger partial charge in [-0.2, -0.15) is 0 Å². The molecule has 0 aliphatic carbocycles. The van der Waals surface area contributed by atoms with Gasteiger partial charge in [-0.05, 0) is 63.0 Å². The summed E-state index contributed by atoms with van der Waals surface area (Å²) >= 11 is 0. The molecule has 0 aliphatic rings. The van der Waals surface area contributed by atoms with E-state index < -0.39 is 0 Å². The molecule has 39 heavy (non-hydrogen) atoms. The van der Waals surface area contributed by atoms with Crippen molar-refractivity contribution in [1.29, 1.82) is 0 Å². The summed E-state index contributed by atoms with van der Waals surface area (Å²) in [6.07, 6.45) is 0. The molecule has 0 aromatic heterocycles. The first-order valence-corrected chi connectivity index (χ1v) is 13.4. The highest BCUT2D eigenvalue weighted by Crippen LogP contribution is 2.47. The maximum absolute atomic E-state index is 2.42. The molecular formula is C38H27N. The van der Waals surface area contributed by atoms with Gasteiger partial charge in [-0.1, -0.05) is 133 Å². The fourth-order valence-corrected chi connectivity index (χ4v) is 5.61. The summed E-state index contributed by atoms with van der Waals surface area (Å²) in [7, 11) is 0. The van der Waals surface area contributed by atoms with Gasteiger partial charge < -0.3 is 4.90 Å². The van der Waals surface area contributed by atoms with Crippen LogP contribution >= 0.6 is 0 Å². The second-order valence-electron chi connectivity index (χ2n) is 9.80. The van der Waals surface area contributed by atoms with E-state index in [-0.39, 0.29) is 0 Å². The van der Waals surface area contributed by atoms with Gasteiger partial charge in [0.15, 0.2) is 0 Å². The summed E-state index contributed by atoms with van der Waals surface area (Å²) in [6, 6.07) is 58.7. The van der Waals surface area contributed by atoms with Crippen LogP contribution in [0.3, 0.4) is 0 Å². The molecule has 0 heterocycles. The first kappa shape index (κ1) is 23.0. The van der Waals surface area contributed by atoms with Crippen LogP contribution in [0.1, 0.15) is 0 Å². The number of rotatable bonds is 5. The van der Waals surface area contributed by atoms with Crippen molar-refractivity contribution in [2.24, 2.45) is 0 Å². The molecule has 0 bridgehead atoms. The zero-order valence-electron chi connectivity index (χ0n) is 21.5. The molecule has 0 spiro atoms. The minimum Gasteiger partial charge on any atom is -0.309 e. The summed E-state index contributed by atoms with van der Waals surface area (Å²) < 4.78 is 0. The van der Waals surface area contributed by atoms with E-state index in [2.05, 4.69) is 169 Å². The number of nitrogens with zero attached hydrogens (tertiary/aromatic N) is 1. The number of hydrogen-bond donors (Lipinski definition) is 0. The number of anilines is 3. The van der Waals surface area contributed by atoms with Crippen molar-refractivity contribution in [3.8, 4) is 22.3 Å². The number of fused-ring (bicyclic) bond motifs is 2. The second kappa shape index (κ2) is 9.96. The molecule has 0 fully saturated rings. The van der Waals surface area contributed by atoms with Gasteiger partial charge in [0.05, 0.1) is 11.4 Å². The van der Waals surface area contributed by atoms with Crippen LogP contribution in [0.25, 0.3) is 43.8 Å². The molecule has 0 radical (unpaired) electrons. The third-order valence-corrected chi connectivity index (χ3v) is 7.43. The van der Waals surface area contributed by atoms with E-state index in [1.54, 1.807) is 0 Å². The highest BCUT2D eigenvalue weighted by molar-refractivity contribution is 6.07. The fraction of sp³-hybridized carbons (Fsp3) is 0. The molecule has 0 saturated heterocycles. The third kappa shape index (κ3) is 4.24. The Hall–Kier alpha value is -5.14. The first-order valence-electron chi connectivity index (χ1n) is 13.4. The summed E-state index contributed by atoms with van der Waals surface area (Å²) in [5, 5.41) is 4.96. The van der Waals surface area contributed by atoms with Crippen molar-refractivity contribution in [1.82, 2.24) is 0 Å². The van der Waals surface area contributed by atoms with Crippen molar-refractivity contribution in [2.75, 3.05) is 4.90 Å². The average Bonchev–Trinajstić information content (AvgIpc) is 3.02. The van der Waals surface area contributed by atoms with Crippen molar-refractivity contribution in [3.05, 3.63) is 164 Å². The van der Waals surface area contributed by atoms with E-state index in [1.165, 1.54) is 43.8 Å². The van der Waals surface area contributed by atoms with Crippen molar-refractivity contribution in [2.45, 2.75) is 0 Å². The Bertz CT molecular complexity index is 1910. The Morgan fingerprint density at radius 3 is 1.79 bits per heavy atom. The maximum atomic E-state index is 2.42. The van der Waals surface area contributed by atoms with Gasteiger partial charge in [0, 0.05) is 16.8 Å². The van der Waals surface area contributed by atoms with Gasteiger partial charge in [0.2, 0.25) is 0 Å². The third-order valence-electron chi connectivity index (χ3n) is 7.43. The molecule has 0 aliphatic heterocycles. The SMILES string of the molecule is c1ccc(-c2ccccc2N(c2ccccc2)c2ccc3ccccc3c2-c2ccc3ccccc3c2)cc1. The lowest BCUT2D eigenvalue weighted by Crippen LogP contribution is -2.12. The summed E-state index contributed by atoms with van der Waals surface area (Å²) in [5.41, 5.74) is 8.25. The van der Waals surface area contributed by atoms with Crippen LogP contribution in [-0.4, -0.2) is 0 Å². The van der Waals surface area contributed by atoms with E-state index in [0.29, 0.717) is 0 Å². The normalized spacial score (nSPS) is 11.1. The zero-order chi connectivity index (χ0) is 26.0. The fourth-order valence-electron chi connectivity index (χ4n) is 5.61. The van der Waals surface area contributed by atoms with Crippen molar-refractivity contribution >= 4 is 38.6 Å². The number of benzene rings is 7. The lowest BCUT2D eigenvalue weighted by atomic mass is 9.93. The number of hydrogen-bond acceptors (Lipinski definition) is 1. The Labute approximate surface area is 229 Å². The van der Waals surface area contributed by atoms with Gasteiger partial charge in [-0.25, -0.2) is 0 Å². The Kier molecular flexibility index (Phi) is 5.88. The molecule has 0 N–H and O–H groups in total. The van der Waals surface area contributed by atoms with Crippen LogP contribution in [0.4, 0.5) is 17.1 Å². The highest BCUT2D eigenvalue weighted by Gasteiger charge is 2.21. The standard InChI is InChI=1S/C38H27N/c1-3-14-29(15-4-1)34-20-11-12-22-36(34)39(33-18-5-2-6-19-33)37-26-25-30-16-9-10-21-35(30)38(37)32-24-23-28-13-7-8-17-31(28)27-32/h1-27H. The van der Waals surface area contributed by atoms with Gasteiger partial charge in [0.25, 0.3) is 0 Å². The summed E-state index contributed by atoms with van der Waals surface area (Å²) in [5.74, 6) is 0. The predicted octanol–water partition coefficient (Wildman–Crippen LogP) is 10.8. The monoisotopic (exact) mass is 497 g/mol. The van der Waals surface area contributed by atoms with Crippen molar-refractivity contribution in [3.63, 3.8) is 0 Å². The maximum Gasteiger partial charge on any atom is 0.0546 e. The Balaban J connectivity index is 1.56. The molecular weight excluding hydrogens is 470 g/mol. The number of para-hydroxylation sites is 2. The van der Waals surface area contributed by atoms with E-state index in [9.17, 15) is 0 Å². The molecule has 0 amide bonds. The highest BCUT2D eigenvalue weighted by atomic mass is 15.1. The average molecular weight is 498 g/mol. The minimum absolute atomic E-state index is 1.12. The van der Waals surface area contributed by atoms with Gasteiger partial charge in [0.1, 0.15) is 0 Å². The quantitative estimate of drug-likeness (QED) is 0.229. The summed E-state index contributed by atoms with van der Waals surface area (Å²) in [6.45, 7) is 0. The molecule has 7 aromatic rings. The second-order valence-corrected chi connectivity index (χ2v) is 9.80. The zero-order valence-corrected chi connectivity index (χ0v) is 21.5. The molecule has 1 heteroatoms. The van der Waals surface area contributed by atoms with Crippen LogP contribution in [0.5, 0.6) is 0 Å². The smallest absolute Gasteiger partial charge is 0.0546 e. The minimum atomic E-state index is 1.12. The Morgan fingerprint density at radius 1 is 0.359 bits per heavy atom. The topological polar surface area (TPSA) is 3.24 Å². The predicted molar refractivity (Wildman–Crippen MR) is 167 cm³/mol. The van der Waals surface area contributed by atoms with Crippen LogP contribution in [0, 0.1) is 0 Å². The molecule has 7 aromatic carbocycles. The van der Waals surface area contributed by atoms with E-state index >= 15 is 0 Å². The molecule has 184 valence electrons. The molecule has 0 unspecified atom stereocenters.